The molecule has 9 nitrogen and oxygen atoms in total. The number of urea groups is 1. The molecule has 0 saturated carbocycles. The molecule has 43 heavy (non-hydrogen) atoms. The normalized spacial score (nSPS) is 11.1. The van der Waals surface area contributed by atoms with Crippen LogP contribution in [0.3, 0.4) is 0 Å². The first-order chi connectivity index (χ1) is 21.1. The predicted octanol–water partition coefficient (Wildman–Crippen LogP) is 6.54. The summed E-state index contributed by atoms with van der Waals surface area (Å²) in [5, 5.41) is 17.4. The van der Waals surface area contributed by atoms with E-state index in [2.05, 4.69) is 86.8 Å². The molecule has 2 aromatic heterocycles. The number of nitrogens with zero attached hydrogens (tertiary/aromatic N) is 6. The molecule has 9 heteroatoms. The molecule has 4 aromatic carbocycles. The molecule has 2 heterocycles. The summed E-state index contributed by atoms with van der Waals surface area (Å²) in [6.07, 6.45) is 1.85. The van der Waals surface area contributed by atoms with E-state index in [0.717, 1.165) is 68.8 Å². The summed E-state index contributed by atoms with van der Waals surface area (Å²) >= 11 is 0. The van der Waals surface area contributed by atoms with Crippen molar-refractivity contribution in [2.24, 2.45) is 0 Å². The van der Waals surface area contributed by atoms with Crippen molar-refractivity contribution in [3.05, 3.63) is 114 Å². The van der Waals surface area contributed by atoms with Crippen molar-refractivity contribution >= 4 is 22.8 Å². The van der Waals surface area contributed by atoms with Gasteiger partial charge in [0.15, 0.2) is 0 Å². The van der Waals surface area contributed by atoms with Gasteiger partial charge in [-0.05, 0) is 58.5 Å². The van der Waals surface area contributed by atoms with Gasteiger partial charge in [-0.25, -0.2) is 9.78 Å². The lowest BCUT2D eigenvalue weighted by atomic mass is 9.98. The Bertz CT molecular complexity index is 1840. The fourth-order valence-corrected chi connectivity index (χ4v) is 5.53. The summed E-state index contributed by atoms with van der Waals surface area (Å²) in [5.74, 6) is 1.61. The van der Waals surface area contributed by atoms with E-state index in [1.54, 1.807) is 11.9 Å². The monoisotopic (exact) mass is 570 g/mol. The van der Waals surface area contributed by atoms with Crippen molar-refractivity contribution in [2.75, 3.05) is 11.9 Å². The van der Waals surface area contributed by atoms with Gasteiger partial charge in [0.2, 0.25) is 5.82 Å². The molecule has 0 bridgehead atoms. The Morgan fingerprint density at radius 1 is 0.930 bits per heavy atom. The maximum Gasteiger partial charge on any atom is 0.321 e. The van der Waals surface area contributed by atoms with Crippen LogP contribution < -0.4 is 10.2 Å². The number of hydrogen-bond acceptors (Lipinski definition) is 5. The Morgan fingerprint density at radius 2 is 1.67 bits per heavy atom. The van der Waals surface area contributed by atoms with Crippen LogP contribution in [-0.4, -0.2) is 43.3 Å². The molecule has 0 aliphatic heterocycles. The first-order valence-corrected chi connectivity index (χ1v) is 14.5. The third-order valence-corrected chi connectivity index (χ3v) is 7.66. The summed E-state index contributed by atoms with van der Waals surface area (Å²) in [6.45, 7) is 5.37. The first-order valence-electron chi connectivity index (χ1n) is 14.5. The highest BCUT2D eigenvalue weighted by Crippen LogP contribution is 2.32. The van der Waals surface area contributed by atoms with Crippen LogP contribution in [-0.2, 0) is 19.5 Å². The highest BCUT2D eigenvalue weighted by molar-refractivity contribution is 5.95. The minimum absolute atomic E-state index is 0.154. The van der Waals surface area contributed by atoms with Crippen LogP contribution in [0.4, 0.5) is 10.5 Å². The number of hydrogen-bond donors (Lipinski definition) is 2. The number of aryl methyl sites for hydroxylation is 2. The Hall–Kier alpha value is -5.31. The van der Waals surface area contributed by atoms with E-state index >= 15 is 0 Å². The van der Waals surface area contributed by atoms with Crippen LogP contribution >= 0.6 is 0 Å². The number of amides is 2. The number of rotatable bonds is 9. The van der Waals surface area contributed by atoms with Gasteiger partial charge in [-0.2, -0.15) is 5.21 Å². The molecule has 2 amide bonds. The average molecular weight is 571 g/mol. The maximum atomic E-state index is 13.1. The summed E-state index contributed by atoms with van der Waals surface area (Å²) in [6, 6.07) is 30.7. The fourth-order valence-electron chi connectivity index (χ4n) is 5.53. The molecule has 6 aromatic rings. The summed E-state index contributed by atoms with van der Waals surface area (Å²) in [4.78, 5) is 19.9. The van der Waals surface area contributed by atoms with E-state index in [1.807, 2.05) is 48.5 Å². The van der Waals surface area contributed by atoms with Crippen molar-refractivity contribution in [1.29, 1.82) is 0 Å². The fraction of sp³-hybridized carbons (Fsp3) is 0.206. The van der Waals surface area contributed by atoms with Gasteiger partial charge in [-0.15, -0.1) is 10.2 Å². The van der Waals surface area contributed by atoms with Crippen LogP contribution in [0.25, 0.3) is 33.5 Å². The number of benzene rings is 4. The molecule has 2 N–H and O–H groups in total. The van der Waals surface area contributed by atoms with Crippen LogP contribution in [0.5, 0.6) is 0 Å². The molecule has 216 valence electrons. The number of imidazole rings is 1. The van der Waals surface area contributed by atoms with Gasteiger partial charge in [0, 0.05) is 31.3 Å². The number of carbonyl (C=O) groups is 1. The Morgan fingerprint density at radius 3 is 2.37 bits per heavy atom. The highest BCUT2D eigenvalue weighted by atomic mass is 16.2. The molecule has 0 fully saturated rings. The minimum atomic E-state index is -0.154. The van der Waals surface area contributed by atoms with Crippen LogP contribution in [0.2, 0.25) is 0 Å². The molecular formula is C34H34N8O. The summed E-state index contributed by atoms with van der Waals surface area (Å²) in [5.41, 5.74) is 9.13. The number of nitrogens with one attached hydrogen (secondary N) is 2. The second-order valence-electron chi connectivity index (χ2n) is 10.6. The third kappa shape index (κ3) is 5.74. The van der Waals surface area contributed by atoms with Crippen LogP contribution in [0.15, 0.2) is 91.0 Å². The standard InChI is InChI=1S/C34H34N8O/c1-4-10-31-36-32-23(2)19-27(41(34(43)35-3)21-24-11-6-5-7-12-24)20-30(32)42(31)22-25-15-17-26(18-16-25)28-13-8-9-14-29(28)33-37-39-40-38-33/h5-9,11-20H,4,10,21-22H2,1-3H3,(H,35,43)(H,37,38,39,40). The molecule has 0 radical (unpaired) electrons. The molecular weight excluding hydrogens is 536 g/mol. The third-order valence-electron chi connectivity index (χ3n) is 7.66. The SMILES string of the molecule is CCCc1nc2c(C)cc(N(Cc3ccccc3)C(=O)NC)cc2n1Cc1ccc(-c2ccccc2-c2nn[nH]n2)cc1. The van der Waals surface area contributed by atoms with Gasteiger partial charge in [-0.1, -0.05) is 85.8 Å². The van der Waals surface area contributed by atoms with Gasteiger partial charge >= 0.3 is 6.03 Å². The number of aromatic nitrogens is 6. The van der Waals surface area contributed by atoms with E-state index in [0.29, 0.717) is 18.9 Å². The van der Waals surface area contributed by atoms with Gasteiger partial charge in [0.25, 0.3) is 0 Å². The lowest BCUT2D eigenvalue weighted by Crippen LogP contribution is -2.37. The van der Waals surface area contributed by atoms with Gasteiger partial charge in [-0.3, -0.25) is 4.90 Å². The van der Waals surface area contributed by atoms with Crippen molar-refractivity contribution in [1.82, 2.24) is 35.5 Å². The van der Waals surface area contributed by atoms with Crippen molar-refractivity contribution in [2.45, 2.75) is 39.8 Å². The zero-order valence-corrected chi connectivity index (χ0v) is 24.6. The quantitative estimate of drug-likeness (QED) is 0.205. The molecule has 0 spiro atoms. The smallest absolute Gasteiger partial charge is 0.321 e. The predicted molar refractivity (Wildman–Crippen MR) is 170 cm³/mol. The van der Waals surface area contributed by atoms with Gasteiger partial charge < -0.3 is 9.88 Å². The second kappa shape index (κ2) is 12.3. The maximum absolute atomic E-state index is 13.1. The lowest BCUT2D eigenvalue weighted by molar-refractivity contribution is 0.248. The van der Waals surface area contributed by atoms with Crippen molar-refractivity contribution < 1.29 is 4.79 Å². The number of H-pyrrole nitrogens is 1. The molecule has 0 aliphatic rings. The van der Waals surface area contributed by atoms with Crippen molar-refractivity contribution in [3.63, 3.8) is 0 Å². The van der Waals surface area contributed by atoms with Crippen molar-refractivity contribution in [3.8, 4) is 22.5 Å². The largest absolute Gasteiger partial charge is 0.341 e. The minimum Gasteiger partial charge on any atom is -0.341 e. The molecule has 6 rings (SSSR count). The molecule has 0 atom stereocenters. The first kappa shape index (κ1) is 27.8. The van der Waals surface area contributed by atoms with E-state index in [4.69, 9.17) is 4.98 Å². The molecule has 0 aliphatic carbocycles. The van der Waals surface area contributed by atoms with E-state index in [9.17, 15) is 4.79 Å². The zero-order valence-electron chi connectivity index (χ0n) is 24.6. The van der Waals surface area contributed by atoms with E-state index in [-0.39, 0.29) is 6.03 Å². The zero-order chi connectivity index (χ0) is 29.8. The van der Waals surface area contributed by atoms with Crippen LogP contribution in [0.1, 0.15) is 35.9 Å². The number of anilines is 1. The van der Waals surface area contributed by atoms with Gasteiger partial charge in [0.05, 0.1) is 17.6 Å². The molecule has 0 unspecified atom stereocenters. The number of carbonyl (C=O) groups excluding carboxylic acids is 1. The van der Waals surface area contributed by atoms with Crippen LogP contribution in [0, 0.1) is 6.92 Å². The summed E-state index contributed by atoms with van der Waals surface area (Å²) in [7, 11) is 1.67. The highest BCUT2D eigenvalue weighted by Gasteiger charge is 2.20. The Balaban J connectivity index is 1.37. The Labute approximate surface area is 250 Å². The van der Waals surface area contributed by atoms with E-state index < -0.39 is 0 Å². The Kier molecular flexibility index (Phi) is 7.95. The number of tetrazole rings is 1. The number of aromatic amines is 1. The van der Waals surface area contributed by atoms with Gasteiger partial charge in [0.1, 0.15) is 5.82 Å². The molecule has 0 saturated heterocycles. The summed E-state index contributed by atoms with van der Waals surface area (Å²) < 4.78 is 2.29. The lowest BCUT2D eigenvalue weighted by Gasteiger charge is -2.23. The van der Waals surface area contributed by atoms with E-state index in [1.165, 1.54) is 0 Å². The second-order valence-corrected chi connectivity index (χ2v) is 10.6. The number of fused-ring (bicyclic) bond motifs is 1. The topological polar surface area (TPSA) is 105 Å². The average Bonchev–Trinajstić information content (AvgIpc) is 3.70.